The third-order valence-electron chi connectivity index (χ3n) is 3.05. The number of nitriles is 1. The van der Waals surface area contributed by atoms with Crippen LogP contribution in [-0.4, -0.2) is 9.78 Å². The van der Waals surface area contributed by atoms with Gasteiger partial charge in [-0.2, -0.15) is 27.9 Å². The molecule has 1 aliphatic heterocycles. The van der Waals surface area contributed by atoms with Gasteiger partial charge in [-0.15, -0.1) is 0 Å². The first kappa shape index (κ1) is 14.3. The predicted octanol–water partition coefficient (Wildman–Crippen LogP) is 2.59. The number of nitrogen functional groups attached to an aromatic ring is 1. The van der Waals surface area contributed by atoms with Crippen LogP contribution in [0.4, 0.5) is 27.8 Å². The number of ether oxygens (including phenoxy) is 1. The zero-order chi connectivity index (χ0) is 16.3. The van der Waals surface area contributed by atoms with Crippen LogP contribution in [0.1, 0.15) is 16.8 Å². The van der Waals surface area contributed by atoms with Gasteiger partial charge in [0, 0.05) is 6.07 Å². The number of nitrogens with zero attached hydrogens (tertiary/aromatic N) is 3. The van der Waals surface area contributed by atoms with Crippen molar-refractivity contribution in [1.82, 2.24) is 9.78 Å². The van der Waals surface area contributed by atoms with E-state index in [2.05, 4.69) is 9.84 Å². The van der Waals surface area contributed by atoms with Crippen molar-refractivity contribution in [2.45, 2.75) is 12.2 Å². The molecule has 0 atom stereocenters. The fraction of sp³-hybridized carbons (Fsp3) is 0.167. The molecule has 22 heavy (non-hydrogen) atoms. The summed E-state index contributed by atoms with van der Waals surface area (Å²) in [4.78, 5) is 0. The molecule has 2 heterocycles. The summed E-state index contributed by atoms with van der Waals surface area (Å²) < 4.78 is 71.7. The van der Waals surface area contributed by atoms with E-state index < -0.39 is 34.8 Å². The number of aromatic nitrogens is 2. The number of fused-ring (bicyclic) bond motifs is 1. The highest BCUT2D eigenvalue weighted by Gasteiger charge is 2.57. The number of benzene rings is 1. The van der Waals surface area contributed by atoms with Crippen LogP contribution in [0, 0.1) is 17.1 Å². The monoisotopic (exact) mass is 316 g/mol. The quantitative estimate of drug-likeness (QED) is 0.820. The van der Waals surface area contributed by atoms with Gasteiger partial charge in [-0.05, 0) is 12.1 Å². The highest BCUT2D eigenvalue weighted by molar-refractivity contribution is 5.51. The molecule has 2 N–H and O–H groups in total. The zero-order valence-corrected chi connectivity index (χ0v) is 10.4. The Balaban J connectivity index is 2.25. The van der Waals surface area contributed by atoms with E-state index in [0.717, 1.165) is 6.07 Å². The van der Waals surface area contributed by atoms with Gasteiger partial charge in [-0.3, -0.25) is 0 Å². The molecule has 114 valence electrons. The van der Waals surface area contributed by atoms with E-state index in [-0.39, 0.29) is 17.6 Å². The molecule has 1 aromatic heterocycles. The van der Waals surface area contributed by atoms with Crippen LogP contribution in [0.25, 0.3) is 5.69 Å². The first-order chi connectivity index (χ1) is 10.2. The minimum Gasteiger partial charge on any atom is -0.384 e. The van der Waals surface area contributed by atoms with E-state index in [4.69, 9.17) is 11.0 Å². The molecule has 0 amide bonds. The summed E-state index contributed by atoms with van der Waals surface area (Å²) in [6.45, 7) is 0. The van der Waals surface area contributed by atoms with E-state index in [1.54, 1.807) is 6.07 Å². The Kier molecular flexibility index (Phi) is 2.71. The molecule has 3 rings (SSSR count). The maximum atomic E-state index is 14.0. The largest absolute Gasteiger partial charge is 0.388 e. The van der Waals surface area contributed by atoms with Gasteiger partial charge in [0.15, 0.2) is 5.69 Å². The van der Waals surface area contributed by atoms with Crippen molar-refractivity contribution in [3.8, 4) is 11.8 Å². The second-order valence-corrected chi connectivity index (χ2v) is 4.46. The second-order valence-electron chi connectivity index (χ2n) is 4.46. The lowest BCUT2D eigenvalue weighted by molar-refractivity contribution is -0.369. The molecule has 1 aliphatic rings. The Morgan fingerprint density at radius 2 is 1.73 bits per heavy atom. The van der Waals surface area contributed by atoms with E-state index in [1.165, 1.54) is 0 Å². The first-order valence-corrected chi connectivity index (χ1v) is 5.72. The SMILES string of the molecule is N#Cc1cc(N)n(-c2cc3c(cc2F)C(F)(F)OC3(F)F)n1. The van der Waals surface area contributed by atoms with Gasteiger partial charge < -0.3 is 5.73 Å². The topological polar surface area (TPSA) is 76.9 Å². The van der Waals surface area contributed by atoms with Crippen molar-refractivity contribution < 1.29 is 26.7 Å². The molecule has 0 saturated heterocycles. The van der Waals surface area contributed by atoms with Crippen molar-refractivity contribution in [1.29, 1.82) is 5.26 Å². The average Bonchev–Trinajstić information content (AvgIpc) is 2.85. The summed E-state index contributed by atoms with van der Waals surface area (Å²) in [5.74, 6) is -1.48. The number of hydrogen-bond donors (Lipinski definition) is 1. The Morgan fingerprint density at radius 1 is 1.14 bits per heavy atom. The lowest BCUT2D eigenvalue weighted by Crippen LogP contribution is -2.17. The molecule has 0 bridgehead atoms. The number of halogens is 5. The molecule has 0 aliphatic carbocycles. The Bertz CT molecular complexity index is 824. The predicted molar refractivity (Wildman–Crippen MR) is 61.5 cm³/mol. The minimum atomic E-state index is -4.31. The summed E-state index contributed by atoms with van der Waals surface area (Å²) in [5.41, 5.74) is 2.25. The van der Waals surface area contributed by atoms with Crippen molar-refractivity contribution in [3.63, 3.8) is 0 Å². The van der Waals surface area contributed by atoms with Crippen LogP contribution < -0.4 is 5.73 Å². The highest BCUT2D eigenvalue weighted by atomic mass is 19.3. The van der Waals surface area contributed by atoms with E-state index in [0.29, 0.717) is 10.7 Å². The Hall–Kier alpha value is -2.67. The van der Waals surface area contributed by atoms with E-state index in [9.17, 15) is 22.0 Å². The number of nitrogens with two attached hydrogens (primary N) is 1. The van der Waals surface area contributed by atoms with Gasteiger partial charge >= 0.3 is 12.2 Å². The fourth-order valence-electron chi connectivity index (χ4n) is 2.12. The minimum absolute atomic E-state index is 0.189. The summed E-state index contributed by atoms with van der Waals surface area (Å²) in [6.07, 6.45) is -8.60. The van der Waals surface area contributed by atoms with Gasteiger partial charge in [0.25, 0.3) is 0 Å². The van der Waals surface area contributed by atoms with Crippen molar-refractivity contribution in [2.24, 2.45) is 0 Å². The summed E-state index contributed by atoms with van der Waals surface area (Å²) in [5, 5.41) is 12.3. The number of alkyl halides is 4. The molecular formula is C12H5F5N4O. The number of rotatable bonds is 1. The zero-order valence-electron chi connectivity index (χ0n) is 10.4. The van der Waals surface area contributed by atoms with Gasteiger partial charge in [-0.25, -0.2) is 13.8 Å². The van der Waals surface area contributed by atoms with Gasteiger partial charge in [-0.1, -0.05) is 0 Å². The molecular weight excluding hydrogens is 311 g/mol. The van der Waals surface area contributed by atoms with Gasteiger partial charge in [0.05, 0.1) is 11.1 Å². The van der Waals surface area contributed by atoms with Crippen molar-refractivity contribution >= 4 is 5.82 Å². The first-order valence-electron chi connectivity index (χ1n) is 5.72. The van der Waals surface area contributed by atoms with Crippen LogP contribution in [0.15, 0.2) is 18.2 Å². The van der Waals surface area contributed by atoms with E-state index in [1.807, 2.05) is 0 Å². The summed E-state index contributed by atoms with van der Waals surface area (Å²) in [7, 11) is 0. The summed E-state index contributed by atoms with van der Waals surface area (Å²) in [6, 6.07) is 3.41. The number of anilines is 1. The average molecular weight is 316 g/mol. The van der Waals surface area contributed by atoms with Crippen LogP contribution in [-0.2, 0) is 17.0 Å². The molecule has 10 heteroatoms. The lowest BCUT2D eigenvalue weighted by atomic mass is 10.1. The molecule has 0 saturated carbocycles. The normalized spacial score (nSPS) is 18.0. The van der Waals surface area contributed by atoms with Crippen LogP contribution in [0.3, 0.4) is 0 Å². The Morgan fingerprint density at radius 3 is 2.27 bits per heavy atom. The lowest BCUT2D eigenvalue weighted by Gasteiger charge is -2.11. The summed E-state index contributed by atoms with van der Waals surface area (Å²) >= 11 is 0. The molecule has 0 unspecified atom stereocenters. The third kappa shape index (κ3) is 1.90. The molecule has 0 radical (unpaired) electrons. The molecule has 0 spiro atoms. The molecule has 5 nitrogen and oxygen atoms in total. The highest BCUT2D eigenvalue weighted by Crippen LogP contribution is 2.51. The van der Waals surface area contributed by atoms with Gasteiger partial charge in [0.1, 0.15) is 23.4 Å². The second kappa shape index (κ2) is 4.17. The number of hydrogen-bond acceptors (Lipinski definition) is 4. The van der Waals surface area contributed by atoms with Crippen LogP contribution in [0.2, 0.25) is 0 Å². The van der Waals surface area contributed by atoms with Gasteiger partial charge in [0.2, 0.25) is 0 Å². The third-order valence-corrected chi connectivity index (χ3v) is 3.05. The van der Waals surface area contributed by atoms with E-state index >= 15 is 0 Å². The van der Waals surface area contributed by atoms with Crippen molar-refractivity contribution in [3.05, 3.63) is 40.8 Å². The standard InChI is InChI=1S/C12H5F5N4O/c13-8-2-6-7(12(16,17)22-11(6,14)15)3-9(8)21-10(19)1-5(4-18)20-21/h1-3H,19H2. The van der Waals surface area contributed by atoms with Crippen molar-refractivity contribution in [2.75, 3.05) is 5.73 Å². The maximum absolute atomic E-state index is 14.0. The molecule has 2 aromatic rings. The fourth-order valence-corrected chi connectivity index (χ4v) is 2.12. The maximum Gasteiger partial charge on any atom is 0.388 e. The Labute approximate surface area is 119 Å². The molecule has 1 aromatic carbocycles. The smallest absolute Gasteiger partial charge is 0.384 e. The van der Waals surface area contributed by atoms with Crippen LogP contribution in [0.5, 0.6) is 0 Å². The molecule has 0 fully saturated rings. The van der Waals surface area contributed by atoms with Crippen LogP contribution >= 0.6 is 0 Å².